The summed E-state index contributed by atoms with van der Waals surface area (Å²) in [6.07, 6.45) is 1.07. The maximum atomic E-state index is 14.5. The molecule has 3 aromatic carbocycles. The van der Waals surface area contributed by atoms with Crippen LogP contribution in [-0.2, 0) is 10.3 Å². The molecule has 5 rings (SSSR count). The van der Waals surface area contributed by atoms with Crippen LogP contribution in [0.15, 0.2) is 77.8 Å². The van der Waals surface area contributed by atoms with Gasteiger partial charge in [-0.05, 0) is 60.4 Å². The molecule has 0 aromatic heterocycles. The van der Waals surface area contributed by atoms with Crippen molar-refractivity contribution in [3.63, 3.8) is 0 Å². The molecule has 1 atom stereocenters. The third-order valence-corrected chi connectivity index (χ3v) is 7.20. The first-order chi connectivity index (χ1) is 17.3. The van der Waals surface area contributed by atoms with E-state index < -0.39 is 17.2 Å². The fourth-order valence-electron chi connectivity index (χ4n) is 5.26. The summed E-state index contributed by atoms with van der Waals surface area (Å²) in [5.74, 6) is -1.57. The van der Waals surface area contributed by atoms with Crippen molar-refractivity contribution in [3.05, 3.63) is 95.6 Å². The molecule has 2 heterocycles. The summed E-state index contributed by atoms with van der Waals surface area (Å²) >= 11 is 0. The maximum Gasteiger partial charge on any atom is 0.261 e. The van der Waals surface area contributed by atoms with Crippen molar-refractivity contribution in [2.75, 3.05) is 20.1 Å². The monoisotopic (exact) mass is 488 g/mol. The van der Waals surface area contributed by atoms with Crippen LogP contribution in [-0.4, -0.2) is 47.7 Å². The van der Waals surface area contributed by atoms with Crippen LogP contribution in [0, 0.1) is 17.6 Å². The Morgan fingerprint density at radius 1 is 1.00 bits per heavy atom. The number of rotatable bonds is 4. The second-order valence-corrected chi connectivity index (χ2v) is 9.24. The van der Waals surface area contributed by atoms with E-state index in [-0.39, 0.29) is 29.3 Å². The Labute approximate surface area is 208 Å². The highest BCUT2D eigenvalue weighted by Crippen LogP contribution is 2.45. The number of aliphatic imine (C=N–C) groups is 1. The number of likely N-dealkylation sites (N-methyl/N-ethyl adjacent to an activating group) is 1. The van der Waals surface area contributed by atoms with Gasteiger partial charge in [0.05, 0.1) is 0 Å². The van der Waals surface area contributed by atoms with Gasteiger partial charge in [-0.25, -0.2) is 13.8 Å². The molecule has 1 fully saturated rings. The molecule has 0 bridgehead atoms. The molecule has 36 heavy (non-hydrogen) atoms. The molecule has 0 aliphatic carbocycles. The van der Waals surface area contributed by atoms with Gasteiger partial charge < -0.3 is 10.6 Å². The summed E-state index contributed by atoms with van der Waals surface area (Å²) in [7, 11) is 1.58. The molecule has 184 valence electrons. The predicted molar refractivity (Wildman–Crippen MR) is 133 cm³/mol. The summed E-state index contributed by atoms with van der Waals surface area (Å²) in [6, 6.07) is 19.2. The van der Waals surface area contributed by atoms with E-state index in [0.717, 1.165) is 18.2 Å². The fourth-order valence-corrected chi connectivity index (χ4v) is 5.26. The first-order valence-corrected chi connectivity index (χ1v) is 11.8. The van der Waals surface area contributed by atoms with Crippen LogP contribution in [0.3, 0.4) is 0 Å². The van der Waals surface area contributed by atoms with Crippen LogP contribution in [0.4, 0.5) is 8.78 Å². The molecule has 6 nitrogen and oxygen atoms in total. The van der Waals surface area contributed by atoms with Crippen LogP contribution in [0.5, 0.6) is 0 Å². The number of benzene rings is 3. The van der Waals surface area contributed by atoms with E-state index >= 15 is 0 Å². The zero-order valence-electron chi connectivity index (χ0n) is 19.8. The predicted octanol–water partition coefficient (Wildman–Crippen LogP) is 4.17. The highest BCUT2D eigenvalue weighted by molar-refractivity contribution is 6.07. The second-order valence-electron chi connectivity index (χ2n) is 9.24. The minimum Gasteiger partial charge on any atom is -0.369 e. The molecule has 2 aliphatic rings. The van der Waals surface area contributed by atoms with Gasteiger partial charge in [-0.1, -0.05) is 36.4 Å². The van der Waals surface area contributed by atoms with Gasteiger partial charge in [0.15, 0.2) is 11.5 Å². The highest BCUT2D eigenvalue weighted by Gasteiger charge is 2.54. The van der Waals surface area contributed by atoms with Gasteiger partial charge in [0.2, 0.25) is 0 Å². The van der Waals surface area contributed by atoms with Crippen LogP contribution in [0.25, 0.3) is 11.1 Å². The van der Waals surface area contributed by atoms with Crippen LogP contribution >= 0.6 is 0 Å². The van der Waals surface area contributed by atoms with E-state index in [9.17, 15) is 18.4 Å². The first-order valence-electron chi connectivity index (χ1n) is 11.8. The largest absolute Gasteiger partial charge is 0.369 e. The maximum absolute atomic E-state index is 14.5. The summed E-state index contributed by atoms with van der Waals surface area (Å²) in [5, 5.41) is 0. The van der Waals surface area contributed by atoms with Crippen molar-refractivity contribution in [1.29, 1.82) is 0 Å². The summed E-state index contributed by atoms with van der Waals surface area (Å²) in [4.78, 5) is 34.4. The molecule has 1 saturated heterocycles. The number of piperidine rings is 1. The Morgan fingerprint density at radius 3 is 2.39 bits per heavy atom. The van der Waals surface area contributed by atoms with Crippen molar-refractivity contribution in [2.45, 2.75) is 18.4 Å². The number of nitrogens with two attached hydrogens (primary N) is 1. The molecule has 2 aliphatic heterocycles. The van der Waals surface area contributed by atoms with E-state index in [1.807, 2.05) is 18.2 Å². The third kappa shape index (κ3) is 3.92. The Hall–Kier alpha value is -4.07. The molecule has 2 amide bonds. The number of carbonyl (C=O) groups is 2. The molecule has 0 radical (unpaired) electrons. The van der Waals surface area contributed by atoms with Gasteiger partial charge in [-0.2, -0.15) is 0 Å². The number of likely N-dealkylation sites (tertiary alicyclic amines) is 1. The Balaban J connectivity index is 1.49. The average molecular weight is 489 g/mol. The van der Waals surface area contributed by atoms with Gasteiger partial charge >= 0.3 is 0 Å². The number of guanidine groups is 1. The van der Waals surface area contributed by atoms with E-state index in [1.165, 1.54) is 4.90 Å². The standard InChI is InChI=1S/C28H26F2N4O2/c1-33-26(36)28(32-27(33)31,20-12-14-34(15-13-20)25(35)18-6-3-2-4-7-18)21-9-5-8-19(16-21)23-17-22(29)10-11-24(23)30/h2-11,16-17,20H,12-15H2,1H3,(H2,31,32). The molecular weight excluding hydrogens is 462 g/mol. The lowest BCUT2D eigenvalue weighted by Gasteiger charge is -2.40. The molecule has 0 spiro atoms. The van der Waals surface area contributed by atoms with E-state index in [1.54, 1.807) is 48.3 Å². The van der Waals surface area contributed by atoms with Crippen molar-refractivity contribution < 1.29 is 18.4 Å². The van der Waals surface area contributed by atoms with Crippen LogP contribution < -0.4 is 5.73 Å². The van der Waals surface area contributed by atoms with Crippen LogP contribution in [0.1, 0.15) is 28.8 Å². The lowest BCUT2D eigenvalue weighted by atomic mass is 9.72. The number of halogens is 2. The Bertz CT molecular complexity index is 1350. The zero-order chi connectivity index (χ0) is 25.4. The van der Waals surface area contributed by atoms with E-state index in [0.29, 0.717) is 42.6 Å². The van der Waals surface area contributed by atoms with Gasteiger partial charge in [-0.3, -0.25) is 14.5 Å². The number of hydrogen-bond donors (Lipinski definition) is 1. The topological polar surface area (TPSA) is 79.0 Å². The zero-order valence-corrected chi connectivity index (χ0v) is 19.8. The van der Waals surface area contributed by atoms with Crippen molar-refractivity contribution in [3.8, 4) is 11.1 Å². The Kier molecular flexibility index (Phi) is 6.04. The first kappa shape index (κ1) is 23.7. The fraction of sp³-hybridized carbons (Fsp3) is 0.250. The third-order valence-electron chi connectivity index (χ3n) is 7.20. The molecule has 2 N–H and O–H groups in total. The number of hydrogen-bond acceptors (Lipinski definition) is 4. The molecule has 1 unspecified atom stereocenters. The minimum absolute atomic E-state index is 0.0513. The van der Waals surface area contributed by atoms with Gasteiger partial charge in [0.1, 0.15) is 11.6 Å². The lowest BCUT2D eigenvalue weighted by molar-refractivity contribution is -0.133. The quantitative estimate of drug-likeness (QED) is 0.599. The number of nitrogens with zero attached hydrogens (tertiary/aromatic N) is 3. The van der Waals surface area contributed by atoms with Crippen molar-refractivity contribution >= 4 is 17.8 Å². The smallest absolute Gasteiger partial charge is 0.261 e. The van der Waals surface area contributed by atoms with Crippen LogP contribution in [0.2, 0.25) is 0 Å². The van der Waals surface area contributed by atoms with Gasteiger partial charge in [0.25, 0.3) is 11.8 Å². The number of amides is 2. The SMILES string of the molecule is CN1C(=O)C(c2cccc(-c3cc(F)ccc3F)c2)(C2CCN(C(=O)c3ccccc3)CC2)N=C1N. The van der Waals surface area contributed by atoms with E-state index in [4.69, 9.17) is 5.73 Å². The number of carbonyl (C=O) groups excluding carboxylic acids is 2. The summed E-state index contributed by atoms with van der Waals surface area (Å²) < 4.78 is 28.4. The summed E-state index contributed by atoms with van der Waals surface area (Å²) in [5.41, 5.74) is 6.54. The normalized spacial score (nSPS) is 20.5. The Morgan fingerprint density at radius 2 is 1.72 bits per heavy atom. The van der Waals surface area contributed by atoms with Crippen molar-refractivity contribution in [2.24, 2.45) is 16.6 Å². The lowest BCUT2D eigenvalue weighted by Crippen LogP contribution is -2.49. The second kappa shape index (κ2) is 9.18. The highest BCUT2D eigenvalue weighted by atomic mass is 19.1. The molecule has 3 aromatic rings. The minimum atomic E-state index is -1.31. The average Bonchev–Trinajstić information content (AvgIpc) is 3.15. The van der Waals surface area contributed by atoms with E-state index in [2.05, 4.69) is 4.99 Å². The molecule has 8 heteroatoms. The van der Waals surface area contributed by atoms with Gasteiger partial charge in [0, 0.05) is 37.2 Å². The van der Waals surface area contributed by atoms with Gasteiger partial charge in [-0.15, -0.1) is 0 Å². The molecular formula is C28H26F2N4O2. The van der Waals surface area contributed by atoms with Crippen molar-refractivity contribution in [1.82, 2.24) is 9.80 Å². The summed E-state index contributed by atoms with van der Waals surface area (Å²) in [6.45, 7) is 0.926. The molecule has 0 saturated carbocycles.